The van der Waals surface area contributed by atoms with E-state index in [1.807, 2.05) is 17.9 Å². The third kappa shape index (κ3) is 5.59. The highest BCUT2D eigenvalue weighted by Gasteiger charge is 2.54. The van der Waals surface area contributed by atoms with Crippen LogP contribution in [0.25, 0.3) is 11.1 Å². The smallest absolute Gasteiger partial charge is 0.245 e. The van der Waals surface area contributed by atoms with Crippen LogP contribution >= 0.6 is 0 Å². The molecular weight excluding hydrogens is 516 g/mol. The SMILES string of the molecule is C=CC(=O)N1CC2(CC(n3nc(NC(CC)CN(C)C4CCOCC4)c(-c4cc(C)cc(N)c4C(=N)N)c3C)C2)C1. The molecule has 41 heavy (non-hydrogen) atoms. The Balaban J connectivity index is 1.46. The van der Waals surface area contributed by atoms with Crippen molar-refractivity contribution in [3.05, 3.63) is 41.6 Å². The molecule has 3 heterocycles. The maximum absolute atomic E-state index is 12.0. The fraction of sp³-hybridized carbons (Fsp3) is 0.581. The molecule has 0 radical (unpaired) electrons. The van der Waals surface area contributed by atoms with Crippen molar-refractivity contribution in [3.63, 3.8) is 0 Å². The second kappa shape index (κ2) is 11.5. The number of nitrogens with two attached hydrogens (primary N) is 2. The highest BCUT2D eigenvalue weighted by molar-refractivity contribution is 6.07. The predicted octanol–water partition coefficient (Wildman–Crippen LogP) is 3.68. The van der Waals surface area contributed by atoms with Gasteiger partial charge in [0.1, 0.15) is 5.84 Å². The van der Waals surface area contributed by atoms with E-state index in [1.165, 1.54) is 6.08 Å². The van der Waals surface area contributed by atoms with Crippen LogP contribution in [0.2, 0.25) is 0 Å². The zero-order valence-electron chi connectivity index (χ0n) is 25.0. The van der Waals surface area contributed by atoms with E-state index >= 15 is 0 Å². The highest BCUT2D eigenvalue weighted by Crippen LogP contribution is 2.55. The topological polar surface area (TPSA) is 139 Å². The molecule has 1 unspecified atom stereocenters. The number of anilines is 2. The summed E-state index contributed by atoms with van der Waals surface area (Å²) in [5, 5.41) is 17.3. The van der Waals surface area contributed by atoms with Gasteiger partial charge in [0.25, 0.3) is 0 Å². The Bertz CT molecular complexity index is 1310. The number of likely N-dealkylation sites (N-methyl/N-ethyl adjacent to an activating group) is 1. The molecular formula is C31H46N8O2. The second-order valence-electron chi connectivity index (χ2n) is 12.4. The lowest BCUT2D eigenvalue weighted by Gasteiger charge is -2.58. The van der Waals surface area contributed by atoms with Crippen LogP contribution in [0.1, 0.15) is 61.9 Å². The molecule has 2 aliphatic heterocycles. The molecule has 2 saturated heterocycles. The molecule has 1 atom stereocenters. The Morgan fingerprint density at radius 3 is 2.61 bits per heavy atom. The molecule has 222 valence electrons. The Kier molecular flexibility index (Phi) is 8.16. The molecule has 10 heteroatoms. The molecule has 6 N–H and O–H groups in total. The lowest BCUT2D eigenvalue weighted by Crippen LogP contribution is -2.63. The summed E-state index contributed by atoms with van der Waals surface area (Å²) < 4.78 is 7.73. The molecule has 10 nitrogen and oxygen atoms in total. The van der Waals surface area contributed by atoms with Gasteiger partial charge < -0.3 is 31.3 Å². The summed E-state index contributed by atoms with van der Waals surface area (Å²) in [7, 11) is 2.20. The number of likely N-dealkylation sites (tertiary alicyclic amines) is 1. The lowest BCUT2D eigenvalue weighted by atomic mass is 9.60. The number of carbonyl (C=O) groups is 1. The molecule has 2 aromatic rings. The number of nitrogens with one attached hydrogen (secondary N) is 2. The number of amides is 1. The largest absolute Gasteiger partial charge is 0.398 e. The van der Waals surface area contributed by atoms with Gasteiger partial charge in [0.05, 0.1) is 6.04 Å². The number of rotatable bonds is 10. The van der Waals surface area contributed by atoms with E-state index in [1.54, 1.807) is 0 Å². The number of hydrogen-bond donors (Lipinski definition) is 4. The molecule has 3 fully saturated rings. The van der Waals surface area contributed by atoms with Crippen molar-refractivity contribution >= 4 is 23.2 Å². The van der Waals surface area contributed by atoms with E-state index in [2.05, 4.69) is 48.4 Å². The van der Waals surface area contributed by atoms with Crippen molar-refractivity contribution in [1.29, 1.82) is 5.41 Å². The zero-order chi connectivity index (χ0) is 29.5. The Morgan fingerprint density at radius 2 is 2.00 bits per heavy atom. The van der Waals surface area contributed by atoms with Gasteiger partial charge in [-0.25, -0.2) is 0 Å². The molecule has 1 spiro atoms. The van der Waals surface area contributed by atoms with Crippen LogP contribution in [0.15, 0.2) is 24.8 Å². The summed E-state index contributed by atoms with van der Waals surface area (Å²) in [6.07, 6.45) is 6.40. The van der Waals surface area contributed by atoms with Crippen molar-refractivity contribution in [2.45, 2.75) is 71.0 Å². The lowest BCUT2D eigenvalue weighted by molar-refractivity contribution is -0.149. The van der Waals surface area contributed by atoms with Crippen molar-refractivity contribution in [3.8, 4) is 11.1 Å². The molecule has 1 aromatic heterocycles. The van der Waals surface area contributed by atoms with Crippen molar-refractivity contribution < 1.29 is 9.53 Å². The number of aryl methyl sites for hydroxylation is 1. The van der Waals surface area contributed by atoms with E-state index in [4.69, 9.17) is 26.7 Å². The van der Waals surface area contributed by atoms with Gasteiger partial charge in [-0.05, 0) is 70.7 Å². The van der Waals surface area contributed by atoms with Gasteiger partial charge in [-0.2, -0.15) is 5.10 Å². The number of nitrogens with zero attached hydrogens (tertiary/aromatic N) is 4. The number of aromatic nitrogens is 2. The third-order valence-corrected chi connectivity index (χ3v) is 9.38. The molecule has 1 saturated carbocycles. The molecule has 5 rings (SSSR count). The normalized spacial score (nSPS) is 19.6. The summed E-state index contributed by atoms with van der Waals surface area (Å²) in [6, 6.07) is 4.88. The first kappa shape index (κ1) is 29.1. The summed E-state index contributed by atoms with van der Waals surface area (Å²) in [5.41, 5.74) is 17.6. The van der Waals surface area contributed by atoms with E-state index in [-0.39, 0.29) is 29.2 Å². The van der Waals surface area contributed by atoms with E-state index < -0.39 is 0 Å². The second-order valence-corrected chi connectivity index (χ2v) is 12.4. The minimum Gasteiger partial charge on any atom is -0.398 e. The van der Waals surface area contributed by atoms with Crippen LogP contribution in [0.4, 0.5) is 11.5 Å². The first-order chi connectivity index (χ1) is 19.6. The number of amidine groups is 1. The van der Waals surface area contributed by atoms with Gasteiger partial charge in [-0.15, -0.1) is 0 Å². The van der Waals surface area contributed by atoms with Crippen molar-refractivity contribution in [2.24, 2.45) is 11.1 Å². The molecule has 1 aliphatic carbocycles. The Labute approximate surface area is 243 Å². The van der Waals surface area contributed by atoms with E-state index in [0.29, 0.717) is 17.3 Å². The van der Waals surface area contributed by atoms with Crippen LogP contribution in [0, 0.1) is 24.7 Å². The Hall–Kier alpha value is -3.37. The molecule has 3 aliphatic rings. The summed E-state index contributed by atoms with van der Waals surface area (Å²) >= 11 is 0. The average Bonchev–Trinajstić information content (AvgIpc) is 3.20. The number of benzene rings is 1. The van der Waals surface area contributed by atoms with Crippen LogP contribution in [0.5, 0.6) is 0 Å². The fourth-order valence-corrected chi connectivity index (χ4v) is 7.12. The minimum absolute atomic E-state index is 0.00763. The summed E-state index contributed by atoms with van der Waals surface area (Å²) in [4.78, 5) is 16.3. The highest BCUT2D eigenvalue weighted by atomic mass is 16.5. The van der Waals surface area contributed by atoms with Crippen LogP contribution in [-0.2, 0) is 9.53 Å². The van der Waals surface area contributed by atoms with Gasteiger partial charge in [0.2, 0.25) is 5.91 Å². The van der Waals surface area contributed by atoms with Crippen LogP contribution < -0.4 is 16.8 Å². The molecule has 1 amide bonds. The van der Waals surface area contributed by atoms with Gasteiger partial charge >= 0.3 is 0 Å². The first-order valence-corrected chi connectivity index (χ1v) is 14.9. The van der Waals surface area contributed by atoms with E-state index in [0.717, 1.165) is 93.2 Å². The third-order valence-electron chi connectivity index (χ3n) is 9.38. The number of nitrogen functional groups attached to an aromatic ring is 2. The van der Waals surface area contributed by atoms with Crippen molar-refractivity contribution in [2.75, 3.05) is 50.9 Å². The van der Waals surface area contributed by atoms with Gasteiger partial charge in [0.15, 0.2) is 5.82 Å². The van der Waals surface area contributed by atoms with E-state index in [9.17, 15) is 4.79 Å². The maximum atomic E-state index is 12.0. The van der Waals surface area contributed by atoms with Gasteiger partial charge in [-0.3, -0.25) is 14.9 Å². The van der Waals surface area contributed by atoms with Crippen LogP contribution in [-0.4, -0.2) is 83.3 Å². The number of ether oxygens (including phenoxy) is 1. The number of hydrogen-bond acceptors (Lipinski definition) is 7. The maximum Gasteiger partial charge on any atom is 0.245 e. The van der Waals surface area contributed by atoms with Crippen LogP contribution in [0.3, 0.4) is 0 Å². The van der Waals surface area contributed by atoms with Gasteiger partial charge in [0, 0.05) is 78.4 Å². The molecule has 1 aromatic carbocycles. The fourth-order valence-electron chi connectivity index (χ4n) is 7.12. The summed E-state index contributed by atoms with van der Waals surface area (Å²) in [5.74, 6) is 0.763. The predicted molar refractivity (Wildman–Crippen MR) is 164 cm³/mol. The van der Waals surface area contributed by atoms with Crippen molar-refractivity contribution in [1.82, 2.24) is 19.6 Å². The summed E-state index contributed by atoms with van der Waals surface area (Å²) in [6.45, 7) is 14.0. The standard InChI is InChI=1S/C31H46N8O2/c1-6-21(16-37(5)22-8-10-41-11-9-22)35-30-27(24-12-19(3)13-25(32)28(24)29(33)34)20(4)39(36-30)23-14-31(15-23)17-38(18-31)26(40)7-2/h7,12-13,21-23H,2,6,8-11,14-18,32H2,1,3-5H3,(H3,33,34)(H,35,36). The molecule has 0 bridgehead atoms. The number of carbonyl (C=O) groups excluding carboxylic acids is 1. The van der Waals surface area contributed by atoms with Gasteiger partial charge in [-0.1, -0.05) is 19.6 Å². The minimum atomic E-state index is -0.0501. The monoisotopic (exact) mass is 562 g/mol. The Morgan fingerprint density at radius 1 is 1.32 bits per heavy atom. The zero-order valence-corrected chi connectivity index (χ0v) is 25.0. The first-order valence-electron chi connectivity index (χ1n) is 14.9. The quantitative estimate of drug-likeness (QED) is 0.150. The average molecular weight is 563 g/mol.